The van der Waals surface area contributed by atoms with Gasteiger partial charge in [0.25, 0.3) is 0 Å². The van der Waals surface area contributed by atoms with Crippen LogP contribution in [0.3, 0.4) is 0 Å². The number of hydrogen-bond acceptors (Lipinski definition) is 7. The summed E-state index contributed by atoms with van der Waals surface area (Å²) in [6.07, 6.45) is 4.68. The lowest BCUT2D eigenvalue weighted by Crippen LogP contribution is -2.33. The first-order valence-corrected chi connectivity index (χ1v) is 9.92. The molecule has 0 unspecified atom stereocenters. The molecule has 8 heteroatoms. The molecule has 0 aromatic carbocycles. The molecule has 2 fully saturated rings. The van der Waals surface area contributed by atoms with Crippen molar-refractivity contribution < 1.29 is 5.11 Å². The van der Waals surface area contributed by atoms with Crippen LogP contribution in [0, 0.1) is 0 Å². The Bertz CT molecular complexity index is 715. The normalized spacial score (nSPS) is 19.1. The van der Waals surface area contributed by atoms with Crippen LogP contribution in [0.25, 0.3) is 0 Å². The fourth-order valence-corrected chi connectivity index (χ4v) is 4.45. The van der Waals surface area contributed by atoms with Crippen molar-refractivity contribution in [1.29, 1.82) is 0 Å². The lowest BCUT2D eigenvalue weighted by molar-refractivity contribution is 0.277. The second kappa shape index (κ2) is 7.01. The molecule has 0 radical (unpaired) electrons. The van der Waals surface area contributed by atoms with Crippen LogP contribution in [-0.4, -0.2) is 56.9 Å². The van der Waals surface area contributed by atoms with Gasteiger partial charge in [-0.05, 0) is 39.8 Å². The van der Waals surface area contributed by atoms with Gasteiger partial charge in [0.1, 0.15) is 11.6 Å². The van der Waals surface area contributed by atoms with Crippen LogP contribution in [0.2, 0.25) is 0 Å². The van der Waals surface area contributed by atoms with Crippen molar-refractivity contribution in [3.05, 3.63) is 22.7 Å². The van der Waals surface area contributed by atoms with Gasteiger partial charge in [-0.3, -0.25) is 0 Å². The molecule has 2 aromatic rings. The summed E-state index contributed by atoms with van der Waals surface area (Å²) in [5.41, 5.74) is 0.768. The average Bonchev–Trinajstić information content (AvgIpc) is 3.18. The highest BCUT2D eigenvalue weighted by atomic mass is 32.1. The monoisotopic (exact) mass is 362 g/mol. The Kier molecular flexibility index (Phi) is 4.75. The van der Waals surface area contributed by atoms with Crippen LogP contribution < -0.4 is 4.90 Å². The third-order valence-electron chi connectivity index (χ3n) is 4.99. The van der Waals surface area contributed by atoms with E-state index in [4.69, 9.17) is 0 Å². The van der Waals surface area contributed by atoms with E-state index in [-0.39, 0.29) is 6.61 Å². The molecule has 25 heavy (non-hydrogen) atoms. The van der Waals surface area contributed by atoms with Gasteiger partial charge in [0, 0.05) is 30.4 Å². The molecule has 136 valence electrons. The van der Waals surface area contributed by atoms with Gasteiger partial charge >= 0.3 is 0 Å². The molecule has 0 bridgehead atoms. The van der Waals surface area contributed by atoms with Crippen molar-refractivity contribution in [3.8, 4) is 0 Å². The lowest BCUT2D eigenvalue weighted by Gasteiger charge is -2.31. The summed E-state index contributed by atoms with van der Waals surface area (Å²) < 4.78 is 2.42. The van der Waals surface area contributed by atoms with Crippen LogP contribution >= 0.6 is 11.3 Å². The summed E-state index contributed by atoms with van der Waals surface area (Å²) in [5, 5.41) is 21.3. The van der Waals surface area contributed by atoms with E-state index < -0.39 is 0 Å². The van der Waals surface area contributed by atoms with Gasteiger partial charge in [-0.2, -0.15) is 0 Å². The zero-order chi connectivity index (χ0) is 17.4. The highest BCUT2D eigenvalue weighted by Gasteiger charge is 2.33. The second-order valence-electron chi connectivity index (χ2n) is 7.35. The Morgan fingerprint density at radius 1 is 1.20 bits per heavy atom. The molecule has 1 aliphatic heterocycles. The van der Waals surface area contributed by atoms with E-state index in [0.29, 0.717) is 12.0 Å². The molecule has 7 nitrogen and oxygen atoms in total. The number of aromatic nitrogens is 4. The van der Waals surface area contributed by atoms with E-state index in [0.717, 1.165) is 49.1 Å². The number of nitrogens with zero attached hydrogens (tertiary/aromatic N) is 6. The van der Waals surface area contributed by atoms with E-state index >= 15 is 0 Å². The average molecular weight is 363 g/mol. The quantitative estimate of drug-likeness (QED) is 0.848. The number of piperidine rings is 1. The van der Waals surface area contributed by atoms with Crippen molar-refractivity contribution in [1.82, 2.24) is 24.6 Å². The maximum atomic E-state index is 9.20. The summed E-state index contributed by atoms with van der Waals surface area (Å²) >= 11 is 1.62. The minimum Gasteiger partial charge on any atom is -0.390 e. The number of thiazole rings is 1. The fourth-order valence-electron chi connectivity index (χ4n) is 3.58. The second-order valence-corrected chi connectivity index (χ2v) is 8.19. The van der Waals surface area contributed by atoms with Gasteiger partial charge in [0.15, 0.2) is 5.13 Å². The number of aliphatic hydroxyl groups excluding tert-OH is 1. The predicted octanol–water partition coefficient (Wildman–Crippen LogP) is 2.01. The zero-order valence-electron chi connectivity index (χ0n) is 14.9. The van der Waals surface area contributed by atoms with Crippen LogP contribution in [0.15, 0.2) is 5.38 Å². The van der Waals surface area contributed by atoms with Gasteiger partial charge in [0.05, 0.1) is 18.8 Å². The lowest BCUT2D eigenvalue weighted by atomic mass is 9.96. The van der Waals surface area contributed by atoms with Crippen molar-refractivity contribution in [2.45, 2.75) is 50.8 Å². The van der Waals surface area contributed by atoms with Crippen molar-refractivity contribution in [3.63, 3.8) is 0 Å². The largest absolute Gasteiger partial charge is 0.390 e. The standard InChI is InChI=1S/C17H26N6OS/c1-21(2)9-15-19-20-16(23(15)14-3-4-14)12-5-7-22(8-6-12)17-18-13(10-24)11-25-17/h11-12,14,24H,3-10H2,1-2H3. The highest BCUT2D eigenvalue weighted by molar-refractivity contribution is 7.13. The minimum absolute atomic E-state index is 0.0200. The molecule has 1 saturated carbocycles. The van der Waals surface area contributed by atoms with Crippen LogP contribution in [0.4, 0.5) is 5.13 Å². The van der Waals surface area contributed by atoms with E-state index in [1.807, 2.05) is 5.38 Å². The zero-order valence-corrected chi connectivity index (χ0v) is 15.7. The molecule has 3 heterocycles. The summed E-state index contributed by atoms with van der Waals surface area (Å²) in [7, 11) is 4.16. The summed E-state index contributed by atoms with van der Waals surface area (Å²) in [4.78, 5) is 8.99. The van der Waals surface area contributed by atoms with Crippen LogP contribution in [0.5, 0.6) is 0 Å². The van der Waals surface area contributed by atoms with Gasteiger partial charge in [-0.15, -0.1) is 21.5 Å². The highest BCUT2D eigenvalue weighted by Crippen LogP contribution is 2.40. The topological polar surface area (TPSA) is 70.3 Å². The third-order valence-corrected chi connectivity index (χ3v) is 5.94. The predicted molar refractivity (Wildman–Crippen MR) is 97.9 cm³/mol. The Morgan fingerprint density at radius 3 is 2.56 bits per heavy atom. The van der Waals surface area contributed by atoms with E-state index in [2.05, 4.69) is 43.6 Å². The van der Waals surface area contributed by atoms with Gasteiger partial charge in [0.2, 0.25) is 0 Å². The Hall–Kier alpha value is -1.51. The number of hydrogen-bond donors (Lipinski definition) is 1. The van der Waals surface area contributed by atoms with Crippen LogP contribution in [-0.2, 0) is 13.2 Å². The molecular weight excluding hydrogens is 336 g/mol. The minimum atomic E-state index is 0.0200. The smallest absolute Gasteiger partial charge is 0.185 e. The van der Waals surface area contributed by atoms with Crippen molar-refractivity contribution >= 4 is 16.5 Å². The third kappa shape index (κ3) is 3.56. The molecule has 2 aromatic heterocycles. The summed E-state index contributed by atoms with van der Waals surface area (Å²) in [5.74, 6) is 2.78. The molecule has 2 aliphatic rings. The molecule has 1 saturated heterocycles. The molecule has 1 aliphatic carbocycles. The first-order valence-electron chi connectivity index (χ1n) is 9.04. The molecule has 0 atom stereocenters. The number of aliphatic hydroxyl groups is 1. The van der Waals surface area contributed by atoms with Crippen molar-refractivity contribution in [2.75, 3.05) is 32.1 Å². The van der Waals surface area contributed by atoms with Gasteiger partial charge in [-0.25, -0.2) is 4.98 Å². The molecule has 1 N–H and O–H groups in total. The van der Waals surface area contributed by atoms with Crippen LogP contribution in [0.1, 0.15) is 55.0 Å². The first-order chi connectivity index (χ1) is 12.2. The van der Waals surface area contributed by atoms with E-state index in [1.54, 1.807) is 11.3 Å². The Balaban J connectivity index is 1.46. The molecular formula is C17H26N6OS. The maximum Gasteiger partial charge on any atom is 0.185 e. The van der Waals surface area contributed by atoms with E-state index in [1.165, 1.54) is 18.7 Å². The number of rotatable bonds is 6. The SMILES string of the molecule is CN(C)Cc1nnc(C2CCN(c3nc(CO)cs3)CC2)n1C1CC1. The van der Waals surface area contributed by atoms with Gasteiger partial charge < -0.3 is 19.5 Å². The Labute approximate surface area is 152 Å². The fraction of sp³-hybridized carbons (Fsp3) is 0.706. The summed E-state index contributed by atoms with van der Waals surface area (Å²) in [6.45, 7) is 2.85. The molecule has 0 amide bonds. The molecule has 0 spiro atoms. The number of anilines is 1. The van der Waals surface area contributed by atoms with Crippen molar-refractivity contribution in [2.24, 2.45) is 0 Å². The van der Waals surface area contributed by atoms with Gasteiger partial charge in [-0.1, -0.05) is 0 Å². The van der Waals surface area contributed by atoms with E-state index in [9.17, 15) is 5.11 Å². The summed E-state index contributed by atoms with van der Waals surface area (Å²) in [6, 6.07) is 0.615. The first kappa shape index (κ1) is 16.9. The molecule has 4 rings (SSSR count). The Morgan fingerprint density at radius 2 is 1.96 bits per heavy atom. The maximum absolute atomic E-state index is 9.20.